The summed E-state index contributed by atoms with van der Waals surface area (Å²) in [7, 11) is -5.05. The van der Waals surface area contributed by atoms with Gasteiger partial charge in [0.1, 0.15) is 0 Å². The standard InChI is InChI=1S/C12H18N2O4S2.ClH/c1-13-10-7-8-14(9-10)20(17,18)12-5-3-11(4-6-12)19(2,15)16;/h3-6,10,13H,7-9H2,1-2H3;1H. The van der Waals surface area contributed by atoms with Crippen molar-refractivity contribution in [2.75, 3.05) is 26.4 Å². The van der Waals surface area contributed by atoms with Crippen molar-refractivity contribution < 1.29 is 16.8 Å². The Morgan fingerprint density at radius 1 is 1.10 bits per heavy atom. The van der Waals surface area contributed by atoms with Crippen molar-refractivity contribution >= 4 is 32.3 Å². The maximum Gasteiger partial charge on any atom is 0.243 e. The Morgan fingerprint density at radius 2 is 1.62 bits per heavy atom. The summed E-state index contributed by atoms with van der Waals surface area (Å²) >= 11 is 0. The highest BCUT2D eigenvalue weighted by Gasteiger charge is 2.31. The highest BCUT2D eigenvalue weighted by molar-refractivity contribution is 7.90. The lowest BCUT2D eigenvalue weighted by Gasteiger charge is -2.16. The van der Waals surface area contributed by atoms with Crippen LogP contribution in [0.15, 0.2) is 34.1 Å². The molecule has 1 N–H and O–H groups in total. The minimum Gasteiger partial charge on any atom is -0.316 e. The van der Waals surface area contributed by atoms with E-state index >= 15 is 0 Å². The Balaban J connectivity index is 0.00000220. The number of likely N-dealkylation sites (N-methyl/N-ethyl adjacent to an activating group) is 1. The summed E-state index contributed by atoms with van der Waals surface area (Å²) in [6, 6.07) is 5.51. The first-order valence-corrected chi connectivity index (χ1v) is 9.56. The summed E-state index contributed by atoms with van der Waals surface area (Å²) in [5.41, 5.74) is 0. The van der Waals surface area contributed by atoms with Crippen LogP contribution in [0.25, 0.3) is 0 Å². The first-order chi connectivity index (χ1) is 9.25. The van der Waals surface area contributed by atoms with Gasteiger partial charge in [-0.25, -0.2) is 16.8 Å². The monoisotopic (exact) mass is 354 g/mol. The average molecular weight is 355 g/mol. The zero-order valence-corrected chi connectivity index (χ0v) is 14.3. The van der Waals surface area contributed by atoms with E-state index in [2.05, 4.69) is 5.32 Å². The molecule has 1 saturated heterocycles. The van der Waals surface area contributed by atoms with Gasteiger partial charge < -0.3 is 5.32 Å². The van der Waals surface area contributed by atoms with E-state index in [9.17, 15) is 16.8 Å². The van der Waals surface area contributed by atoms with Crippen LogP contribution in [0.4, 0.5) is 0 Å². The van der Waals surface area contributed by atoms with Crippen LogP contribution in [0.1, 0.15) is 6.42 Å². The Morgan fingerprint density at radius 3 is 2.05 bits per heavy atom. The molecule has 9 heteroatoms. The van der Waals surface area contributed by atoms with E-state index in [4.69, 9.17) is 0 Å². The van der Waals surface area contributed by atoms with Gasteiger partial charge in [-0.3, -0.25) is 0 Å². The quantitative estimate of drug-likeness (QED) is 0.851. The van der Waals surface area contributed by atoms with E-state index in [-0.39, 0.29) is 28.2 Å². The lowest BCUT2D eigenvalue weighted by atomic mass is 10.3. The summed E-state index contributed by atoms with van der Waals surface area (Å²) in [6.07, 6.45) is 1.87. The van der Waals surface area contributed by atoms with Crippen LogP contribution in [-0.4, -0.2) is 53.6 Å². The molecule has 1 aliphatic rings. The molecule has 120 valence electrons. The molecular weight excluding hydrogens is 336 g/mol. The van der Waals surface area contributed by atoms with Gasteiger partial charge in [-0.05, 0) is 37.7 Å². The summed E-state index contributed by atoms with van der Waals surface area (Å²) in [4.78, 5) is 0.243. The fraction of sp³-hybridized carbons (Fsp3) is 0.500. The van der Waals surface area contributed by atoms with Gasteiger partial charge in [-0.2, -0.15) is 4.31 Å². The van der Waals surface area contributed by atoms with Gasteiger partial charge in [0.25, 0.3) is 0 Å². The second-order valence-electron chi connectivity index (χ2n) is 4.88. The molecule has 0 radical (unpaired) electrons. The Hall–Kier alpha value is -0.670. The third-order valence-corrected chi connectivity index (χ3v) is 6.46. The fourth-order valence-corrected chi connectivity index (χ4v) is 4.32. The molecule has 0 saturated carbocycles. The second kappa shape index (κ2) is 6.62. The van der Waals surface area contributed by atoms with Crippen molar-refractivity contribution in [2.45, 2.75) is 22.3 Å². The zero-order valence-electron chi connectivity index (χ0n) is 11.8. The zero-order chi connectivity index (χ0) is 15.0. The Bertz CT molecular complexity index is 686. The third-order valence-electron chi connectivity index (χ3n) is 3.45. The van der Waals surface area contributed by atoms with Gasteiger partial charge in [0.15, 0.2) is 9.84 Å². The summed E-state index contributed by atoms with van der Waals surface area (Å²) < 4.78 is 49.0. The summed E-state index contributed by atoms with van der Waals surface area (Å²) in [5.74, 6) is 0. The maximum atomic E-state index is 12.4. The predicted octanol–water partition coefficient (Wildman–Crippen LogP) is 0.494. The summed E-state index contributed by atoms with van der Waals surface area (Å²) in [5, 5.41) is 3.06. The van der Waals surface area contributed by atoms with Crippen molar-refractivity contribution in [3.63, 3.8) is 0 Å². The summed E-state index contributed by atoms with van der Waals surface area (Å²) in [6.45, 7) is 0.911. The topological polar surface area (TPSA) is 83.6 Å². The van der Waals surface area contributed by atoms with Gasteiger partial charge >= 0.3 is 0 Å². The van der Waals surface area contributed by atoms with Gasteiger partial charge in [0.05, 0.1) is 9.79 Å². The van der Waals surface area contributed by atoms with Crippen molar-refractivity contribution in [1.29, 1.82) is 0 Å². The molecule has 1 fully saturated rings. The Labute approximate surface area is 131 Å². The van der Waals surface area contributed by atoms with Crippen LogP contribution in [0, 0.1) is 0 Å². The van der Waals surface area contributed by atoms with Gasteiger partial charge in [0, 0.05) is 25.4 Å². The van der Waals surface area contributed by atoms with Gasteiger partial charge in [0.2, 0.25) is 10.0 Å². The molecule has 0 amide bonds. The van der Waals surface area contributed by atoms with E-state index < -0.39 is 19.9 Å². The van der Waals surface area contributed by atoms with Crippen molar-refractivity contribution in [2.24, 2.45) is 0 Å². The van der Waals surface area contributed by atoms with Crippen LogP contribution >= 0.6 is 12.4 Å². The minimum absolute atomic E-state index is 0. The molecule has 0 bridgehead atoms. The molecule has 1 unspecified atom stereocenters. The maximum absolute atomic E-state index is 12.4. The van der Waals surface area contributed by atoms with Crippen LogP contribution in [0.3, 0.4) is 0 Å². The highest BCUT2D eigenvalue weighted by Crippen LogP contribution is 2.22. The number of nitrogens with one attached hydrogen (secondary N) is 1. The molecule has 0 spiro atoms. The van der Waals surface area contributed by atoms with Crippen molar-refractivity contribution in [1.82, 2.24) is 9.62 Å². The number of sulfonamides is 1. The smallest absolute Gasteiger partial charge is 0.243 e. The normalized spacial score (nSPS) is 20.2. The lowest BCUT2D eigenvalue weighted by Crippen LogP contribution is -2.33. The molecule has 1 heterocycles. The molecule has 0 aromatic heterocycles. The van der Waals surface area contributed by atoms with E-state index in [1.54, 1.807) is 0 Å². The van der Waals surface area contributed by atoms with Crippen LogP contribution in [0.2, 0.25) is 0 Å². The predicted molar refractivity (Wildman–Crippen MR) is 83.0 cm³/mol. The SMILES string of the molecule is CNC1CCN(S(=O)(=O)c2ccc(S(C)(=O)=O)cc2)C1.Cl. The molecule has 6 nitrogen and oxygen atoms in total. The molecule has 1 atom stereocenters. The number of benzene rings is 1. The average Bonchev–Trinajstić information content (AvgIpc) is 2.87. The molecule has 2 rings (SSSR count). The minimum atomic E-state index is -3.55. The number of hydrogen-bond acceptors (Lipinski definition) is 5. The van der Waals surface area contributed by atoms with Gasteiger partial charge in [-0.15, -0.1) is 12.4 Å². The number of sulfone groups is 1. The molecule has 1 aromatic rings. The molecule has 0 aliphatic carbocycles. The fourth-order valence-electron chi connectivity index (χ4n) is 2.19. The van der Waals surface area contributed by atoms with E-state index in [0.29, 0.717) is 13.1 Å². The van der Waals surface area contributed by atoms with Crippen LogP contribution in [0.5, 0.6) is 0 Å². The Kier molecular flexibility index (Phi) is 5.79. The highest BCUT2D eigenvalue weighted by atomic mass is 35.5. The first-order valence-electron chi connectivity index (χ1n) is 6.22. The number of rotatable bonds is 4. The van der Waals surface area contributed by atoms with E-state index in [1.807, 2.05) is 7.05 Å². The lowest BCUT2D eigenvalue weighted by molar-refractivity contribution is 0.464. The molecule has 1 aliphatic heterocycles. The number of nitrogens with zero attached hydrogens (tertiary/aromatic N) is 1. The first kappa shape index (κ1) is 18.4. The van der Waals surface area contributed by atoms with Crippen molar-refractivity contribution in [3.8, 4) is 0 Å². The molecule has 1 aromatic carbocycles. The van der Waals surface area contributed by atoms with E-state index in [0.717, 1.165) is 12.7 Å². The van der Waals surface area contributed by atoms with Crippen molar-refractivity contribution in [3.05, 3.63) is 24.3 Å². The molecular formula is C12H19ClN2O4S2. The third kappa shape index (κ3) is 3.95. The van der Waals surface area contributed by atoms with E-state index in [1.165, 1.54) is 28.6 Å². The number of hydrogen-bond donors (Lipinski definition) is 1. The van der Waals surface area contributed by atoms with Crippen LogP contribution < -0.4 is 5.32 Å². The largest absolute Gasteiger partial charge is 0.316 e. The number of halogens is 1. The second-order valence-corrected chi connectivity index (χ2v) is 8.83. The van der Waals surface area contributed by atoms with Gasteiger partial charge in [-0.1, -0.05) is 0 Å². The molecule has 21 heavy (non-hydrogen) atoms. The van der Waals surface area contributed by atoms with Crippen LogP contribution in [-0.2, 0) is 19.9 Å².